The van der Waals surface area contributed by atoms with Crippen molar-refractivity contribution in [2.45, 2.75) is 19.4 Å². The van der Waals surface area contributed by atoms with Crippen molar-refractivity contribution in [3.05, 3.63) is 58.9 Å². The fourth-order valence-corrected chi connectivity index (χ4v) is 2.22. The quantitative estimate of drug-likeness (QED) is 0.917. The number of hydrogen-bond acceptors (Lipinski definition) is 3. The topological polar surface area (TPSA) is 38.7 Å². The molecule has 0 aliphatic heterocycles. The van der Waals surface area contributed by atoms with Crippen LogP contribution in [0, 0.1) is 12.7 Å². The number of methoxy groups -OCH3 is 2. The number of aliphatic hydroxyl groups is 1. The normalized spacial score (nSPS) is 12.0. The summed E-state index contributed by atoms with van der Waals surface area (Å²) in [7, 11) is 3.15. The maximum absolute atomic E-state index is 13.3. The van der Waals surface area contributed by atoms with Gasteiger partial charge in [0.2, 0.25) is 0 Å². The van der Waals surface area contributed by atoms with Gasteiger partial charge in [-0.1, -0.05) is 18.2 Å². The van der Waals surface area contributed by atoms with Crippen molar-refractivity contribution in [3.8, 4) is 11.5 Å². The van der Waals surface area contributed by atoms with Gasteiger partial charge in [-0.05, 0) is 41.8 Å². The molecule has 0 fully saturated rings. The Morgan fingerprint density at radius 1 is 1.05 bits per heavy atom. The molecule has 0 heterocycles. The Bertz CT molecular complexity index is 625. The summed E-state index contributed by atoms with van der Waals surface area (Å²) in [6, 6.07) is 10.2. The summed E-state index contributed by atoms with van der Waals surface area (Å²) in [6.07, 6.45) is -0.270. The van der Waals surface area contributed by atoms with Gasteiger partial charge in [0.15, 0.2) is 11.5 Å². The Hall–Kier alpha value is -2.07. The largest absolute Gasteiger partial charge is 0.493 e. The van der Waals surface area contributed by atoms with Crippen LogP contribution in [0.2, 0.25) is 0 Å². The van der Waals surface area contributed by atoms with E-state index in [0.29, 0.717) is 29.0 Å². The van der Waals surface area contributed by atoms with E-state index in [-0.39, 0.29) is 5.82 Å². The molecule has 2 aromatic rings. The molecule has 0 spiro atoms. The minimum atomic E-state index is -0.692. The first-order chi connectivity index (χ1) is 10.0. The average Bonchev–Trinajstić information content (AvgIpc) is 2.49. The van der Waals surface area contributed by atoms with Crippen LogP contribution in [-0.4, -0.2) is 19.3 Å². The zero-order valence-corrected chi connectivity index (χ0v) is 12.4. The number of rotatable bonds is 5. The molecule has 0 saturated heterocycles. The van der Waals surface area contributed by atoms with Crippen molar-refractivity contribution in [1.29, 1.82) is 0 Å². The number of aliphatic hydroxyl groups excluding tert-OH is 1. The fraction of sp³-hybridized carbons (Fsp3) is 0.294. The molecule has 0 aromatic heterocycles. The second kappa shape index (κ2) is 6.59. The van der Waals surface area contributed by atoms with Gasteiger partial charge in [0.05, 0.1) is 20.3 Å². The minimum absolute atomic E-state index is 0.267. The number of halogens is 1. The van der Waals surface area contributed by atoms with Crippen LogP contribution in [0.15, 0.2) is 36.4 Å². The Kier molecular flexibility index (Phi) is 4.81. The van der Waals surface area contributed by atoms with E-state index in [1.807, 2.05) is 12.1 Å². The molecule has 0 amide bonds. The maximum atomic E-state index is 13.3. The van der Waals surface area contributed by atoms with Crippen LogP contribution < -0.4 is 9.47 Å². The SMILES string of the molecule is COc1ccc(CC(O)c2ccc(F)c(C)c2)cc1OC. The van der Waals surface area contributed by atoms with Crippen LogP contribution in [0.5, 0.6) is 11.5 Å². The van der Waals surface area contributed by atoms with E-state index < -0.39 is 6.10 Å². The van der Waals surface area contributed by atoms with Crippen LogP contribution in [0.3, 0.4) is 0 Å². The zero-order chi connectivity index (χ0) is 15.4. The summed E-state index contributed by atoms with van der Waals surface area (Å²) < 4.78 is 23.7. The van der Waals surface area contributed by atoms with Crippen molar-refractivity contribution in [2.75, 3.05) is 14.2 Å². The van der Waals surface area contributed by atoms with Crippen molar-refractivity contribution in [1.82, 2.24) is 0 Å². The second-order valence-corrected chi connectivity index (χ2v) is 4.92. The van der Waals surface area contributed by atoms with E-state index in [2.05, 4.69) is 0 Å². The van der Waals surface area contributed by atoms with Crippen LogP contribution >= 0.6 is 0 Å². The lowest BCUT2D eigenvalue weighted by Gasteiger charge is -2.14. The Labute approximate surface area is 124 Å². The third-order valence-corrected chi connectivity index (χ3v) is 3.44. The predicted molar refractivity (Wildman–Crippen MR) is 79.3 cm³/mol. The summed E-state index contributed by atoms with van der Waals surface area (Å²) in [6.45, 7) is 1.68. The lowest BCUT2D eigenvalue weighted by atomic mass is 9.99. The van der Waals surface area contributed by atoms with E-state index in [1.165, 1.54) is 6.07 Å². The van der Waals surface area contributed by atoms with E-state index in [9.17, 15) is 9.50 Å². The standard InChI is InChI=1S/C17H19FO3/c1-11-8-13(5-6-14(11)18)15(19)9-12-4-7-16(20-2)17(10-12)21-3/h4-8,10,15,19H,9H2,1-3H3. The lowest BCUT2D eigenvalue weighted by molar-refractivity contribution is 0.178. The first kappa shape index (κ1) is 15.3. The first-order valence-electron chi connectivity index (χ1n) is 6.70. The van der Waals surface area contributed by atoms with Crippen LogP contribution in [0.25, 0.3) is 0 Å². The number of ether oxygens (including phenoxy) is 2. The highest BCUT2D eigenvalue weighted by Crippen LogP contribution is 2.29. The van der Waals surface area contributed by atoms with Gasteiger partial charge in [-0.3, -0.25) is 0 Å². The molecule has 112 valence electrons. The van der Waals surface area contributed by atoms with Gasteiger partial charge in [-0.2, -0.15) is 0 Å². The van der Waals surface area contributed by atoms with E-state index in [0.717, 1.165) is 5.56 Å². The summed E-state index contributed by atoms with van der Waals surface area (Å²) >= 11 is 0. The molecule has 1 unspecified atom stereocenters. The summed E-state index contributed by atoms with van der Waals surface area (Å²) in [4.78, 5) is 0. The molecule has 2 aromatic carbocycles. The highest BCUT2D eigenvalue weighted by atomic mass is 19.1. The van der Waals surface area contributed by atoms with E-state index in [4.69, 9.17) is 9.47 Å². The molecule has 1 N–H and O–H groups in total. The van der Waals surface area contributed by atoms with Gasteiger partial charge in [-0.25, -0.2) is 4.39 Å². The molecule has 2 rings (SSSR count). The van der Waals surface area contributed by atoms with Crippen molar-refractivity contribution in [3.63, 3.8) is 0 Å². The highest BCUT2D eigenvalue weighted by Gasteiger charge is 2.12. The molecule has 0 aliphatic rings. The van der Waals surface area contributed by atoms with Gasteiger partial charge in [0.25, 0.3) is 0 Å². The second-order valence-electron chi connectivity index (χ2n) is 4.92. The molecular formula is C17H19FO3. The summed E-state index contributed by atoms with van der Waals surface area (Å²) in [5.74, 6) is 1.00. The molecular weight excluding hydrogens is 271 g/mol. The van der Waals surface area contributed by atoms with Crippen molar-refractivity contribution in [2.24, 2.45) is 0 Å². The Morgan fingerprint density at radius 2 is 1.76 bits per heavy atom. The first-order valence-corrected chi connectivity index (χ1v) is 6.70. The molecule has 21 heavy (non-hydrogen) atoms. The smallest absolute Gasteiger partial charge is 0.160 e. The van der Waals surface area contributed by atoms with Crippen molar-refractivity contribution < 1.29 is 19.0 Å². The summed E-state index contributed by atoms with van der Waals surface area (Å²) in [5.41, 5.74) is 2.14. The molecule has 0 radical (unpaired) electrons. The van der Waals surface area contributed by atoms with Crippen LogP contribution in [0.1, 0.15) is 22.8 Å². The maximum Gasteiger partial charge on any atom is 0.160 e. The number of aryl methyl sites for hydroxylation is 1. The molecule has 0 bridgehead atoms. The lowest BCUT2D eigenvalue weighted by Crippen LogP contribution is -2.03. The summed E-state index contributed by atoms with van der Waals surface area (Å²) in [5, 5.41) is 10.3. The number of hydrogen-bond donors (Lipinski definition) is 1. The molecule has 0 saturated carbocycles. The molecule has 1 atom stereocenters. The monoisotopic (exact) mass is 290 g/mol. The average molecular weight is 290 g/mol. The predicted octanol–water partition coefficient (Wildman–Crippen LogP) is 3.43. The highest BCUT2D eigenvalue weighted by molar-refractivity contribution is 5.43. The van der Waals surface area contributed by atoms with Crippen LogP contribution in [0.4, 0.5) is 4.39 Å². The number of benzene rings is 2. The fourth-order valence-electron chi connectivity index (χ4n) is 2.22. The minimum Gasteiger partial charge on any atom is -0.493 e. The third kappa shape index (κ3) is 3.52. The molecule has 4 heteroatoms. The van der Waals surface area contributed by atoms with Gasteiger partial charge in [0, 0.05) is 6.42 Å². The van der Waals surface area contributed by atoms with Gasteiger partial charge >= 0.3 is 0 Å². The van der Waals surface area contributed by atoms with Gasteiger partial charge in [-0.15, -0.1) is 0 Å². The van der Waals surface area contributed by atoms with Crippen molar-refractivity contribution >= 4 is 0 Å². The van der Waals surface area contributed by atoms with E-state index >= 15 is 0 Å². The van der Waals surface area contributed by atoms with Gasteiger partial charge in [0.1, 0.15) is 5.82 Å². The van der Waals surface area contributed by atoms with Crippen LogP contribution in [-0.2, 0) is 6.42 Å². The van der Waals surface area contributed by atoms with E-state index in [1.54, 1.807) is 39.3 Å². The Balaban J connectivity index is 2.18. The molecule has 3 nitrogen and oxygen atoms in total. The van der Waals surface area contributed by atoms with Gasteiger partial charge < -0.3 is 14.6 Å². The third-order valence-electron chi connectivity index (χ3n) is 3.44. The Morgan fingerprint density at radius 3 is 2.38 bits per heavy atom. The zero-order valence-electron chi connectivity index (χ0n) is 12.4. The molecule has 0 aliphatic carbocycles.